The van der Waals surface area contributed by atoms with Crippen LogP contribution in [0.15, 0.2) is 73.1 Å². The molecule has 21 heavy (non-hydrogen) atoms. The topological polar surface area (TPSA) is 60.2 Å². The van der Waals surface area contributed by atoms with Crippen molar-refractivity contribution in [3.8, 4) is 11.5 Å². The van der Waals surface area contributed by atoms with E-state index in [1.54, 1.807) is 12.4 Å². The molecule has 3 N–H and O–H groups in total. The number of para-hydroxylation sites is 1. The van der Waals surface area contributed by atoms with E-state index < -0.39 is 0 Å². The molecule has 0 atom stereocenters. The first-order chi connectivity index (χ1) is 10.3. The van der Waals surface area contributed by atoms with Gasteiger partial charge in [-0.1, -0.05) is 18.2 Å². The minimum absolute atomic E-state index is 0.629. The Balaban J connectivity index is 1.69. The van der Waals surface area contributed by atoms with Crippen molar-refractivity contribution in [2.75, 3.05) is 11.1 Å². The number of pyridine rings is 1. The summed E-state index contributed by atoms with van der Waals surface area (Å²) in [6, 6.07) is 19.2. The Labute approximate surface area is 123 Å². The molecule has 104 valence electrons. The van der Waals surface area contributed by atoms with E-state index in [4.69, 9.17) is 10.5 Å². The van der Waals surface area contributed by atoms with E-state index in [9.17, 15) is 0 Å². The lowest BCUT2D eigenvalue weighted by molar-refractivity contribution is 0.483. The highest BCUT2D eigenvalue weighted by Crippen LogP contribution is 2.24. The monoisotopic (exact) mass is 277 g/mol. The van der Waals surface area contributed by atoms with Crippen molar-refractivity contribution in [1.82, 2.24) is 4.98 Å². The summed E-state index contributed by atoms with van der Waals surface area (Å²) in [6.45, 7) is 0. The van der Waals surface area contributed by atoms with Crippen LogP contribution in [0.1, 0.15) is 0 Å². The van der Waals surface area contributed by atoms with Crippen LogP contribution in [0.5, 0.6) is 11.5 Å². The van der Waals surface area contributed by atoms with E-state index in [1.165, 1.54) is 0 Å². The van der Waals surface area contributed by atoms with E-state index >= 15 is 0 Å². The van der Waals surface area contributed by atoms with Gasteiger partial charge in [0, 0.05) is 11.9 Å². The molecule has 0 aliphatic heterocycles. The van der Waals surface area contributed by atoms with Crippen molar-refractivity contribution < 1.29 is 4.74 Å². The average molecular weight is 277 g/mol. The predicted octanol–water partition coefficient (Wildman–Crippen LogP) is 4.20. The largest absolute Gasteiger partial charge is 0.457 e. The lowest BCUT2D eigenvalue weighted by Crippen LogP contribution is -1.93. The van der Waals surface area contributed by atoms with E-state index in [2.05, 4.69) is 10.3 Å². The van der Waals surface area contributed by atoms with Gasteiger partial charge in [0.1, 0.15) is 11.5 Å². The van der Waals surface area contributed by atoms with Gasteiger partial charge in [0.05, 0.1) is 17.6 Å². The first kappa shape index (κ1) is 13.0. The molecular weight excluding hydrogens is 262 g/mol. The summed E-state index contributed by atoms with van der Waals surface area (Å²) in [5, 5.41) is 3.24. The van der Waals surface area contributed by atoms with Gasteiger partial charge in [-0.3, -0.25) is 4.98 Å². The van der Waals surface area contributed by atoms with Crippen molar-refractivity contribution in [2.24, 2.45) is 0 Å². The number of anilines is 3. The molecule has 0 bridgehead atoms. The molecule has 0 saturated heterocycles. The summed E-state index contributed by atoms with van der Waals surface area (Å²) in [5.74, 6) is 1.61. The first-order valence-corrected chi connectivity index (χ1v) is 6.60. The van der Waals surface area contributed by atoms with E-state index in [0.717, 1.165) is 22.9 Å². The molecule has 3 aromatic rings. The highest BCUT2D eigenvalue weighted by atomic mass is 16.5. The number of benzene rings is 2. The van der Waals surface area contributed by atoms with Crippen LogP contribution in [0.2, 0.25) is 0 Å². The predicted molar refractivity (Wildman–Crippen MR) is 84.9 cm³/mol. The SMILES string of the molecule is Nc1cncc(Nc2ccc(Oc3ccccc3)cc2)c1. The zero-order valence-corrected chi connectivity index (χ0v) is 11.4. The highest BCUT2D eigenvalue weighted by Gasteiger charge is 1.99. The number of hydrogen-bond donors (Lipinski definition) is 2. The Bertz CT molecular complexity index is 712. The minimum atomic E-state index is 0.629. The molecule has 0 unspecified atom stereocenters. The van der Waals surface area contributed by atoms with Gasteiger partial charge >= 0.3 is 0 Å². The lowest BCUT2D eigenvalue weighted by atomic mass is 10.3. The molecule has 1 aromatic heterocycles. The van der Waals surface area contributed by atoms with Crippen molar-refractivity contribution in [3.05, 3.63) is 73.1 Å². The first-order valence-electron chi connectivity index (χ1n) is 6.60. The molecule has 0 aliphatic rings. The molecular formula is C17H15N3O. The van der Waals surface area contributed by atoms with E-state index in [0.29, 0.717) is 5.69 Å². The van der Waals surface area contributed by atoms with Gasteiger partial charge in [-0.25, -0.2) is 0 Å². The average Bonchev–Trinajstić information content (AvgIpc) is 2.50. The van der Waals surface area contributed by atoms with Crippen molar-refractivity contribution in [2.45, 2.75) is 0 Å². The number of ether oxygens (including phenoxy) is 1. The third-order valence-corrected chi connectivity index (χ3v) is 2.88. The van der Waals surface area contributed by atoms with Crippen LogP contribution >= 0.6 is 0 Å². The summed E-state index contributed by atoms with van der Waals surface area (Å²) in [6.07, 6.45) is 3.34. The summed E-state index contributed by atoms with van der Waals surface area (Å²) in [7, 11) is 0. The van der Waals surface area contributed by atoms with Crippen molar-refractivity contribution >= 4 is 17.1 Å². The standard InChI is InChI=1S/C17H15N3O/c18-13-10-15(12-19-11-13)20-14-6-8-17(9-7-14)21-16-4-2-1-3-5-16/h1-12,20H,18H2. The van der Waals surface area contributed by atoms with Crippen LogP contribution in [0.4, 0.5) is 17.1 Å². The molecule has 0 radical (unpaired) electrons. The van der Waals surface area contributed by atoms with Crippen LogP contribution in [0, 0.1) is 0 Å². The van der Waals surface area contributed by atoms with Crippen LogP contribution in [0.25, 0.3) is 0 Å². The summed E-state index contributed by atoms with van der Waals surface area (Å²) >= 11 is 0. The summed E-state index contributed by atoms with van der Waals surface area (Å²) < 4.78 is 5.74. The van der Waals surface area contributed by atoms with Crippen molar-refractivity contribution in [3.63, 3.8) is 0 Å². The maximum absolute atomic E-state index is 5.74. The molecule has 0 saturated carbocycles. The van der Waals surface area contributed by atoms with Gasteiger partial charge in [0.2, 0.25) is 0 Å². The van der Waals surface area contributed by atoms with Gasteiger partial charge in [-0.2, -0.15) is 0 Å². The van der Waals surface area contributed by atoms with Gasteiger partial charge in [0.15, 0.2) is 0 Å². The molecule has 3 rings (SSSR count). The van der Waals surface area contributed by atoms with Crippen LogP contribution in [-0.4, -0.2) is 4.98 Å². The quantitative estimate of drug-likeness (QED) is 0.750. The third-order valence-electron chi connectivity index (χ3n) is 2.88. The number of hydrogen-bond acceptors (Lipinski definition) is 4. The zero-order chi connectivity index (χ0) is 14.5. The molecule has 0 aliphatic carbocycles. The highest BCUT2D eigenvalue weighted by molar-refractivity contribution is 5.62. The second kappa shape index (κ2) is 5.96. The van der Waals surface area contributed by atoms with Gasteiger partial charge in [-0.15, -0.1) is 0 Å². The lowest BCUT2D eigenvalue weighted by Gasteiger charge is -2.09. The van der Waals surface area contributed by atoms with Gasteiger partial charge in [0.25, 0.3) is 0 Å². The summed E-state index contributed by atoms with van der Waals surface area (Å²) in [4.78, 5) is 4.04. The number of nitrogens with zero attached hydrogens (tertiary/aromatic N) is 1. The molecule has 2 aromatic carbocycles. The van der Waals surface area contributed by atoms with Gasteiger partial charge < -0.3 is 15.8 Å². The molecule has 0 fully saturated rings. The van der Waals surface area contributed by atoms with E-state index in [-0.39, 0.29) is 0 Å². The normalized spacial score (nSPS) is 10.1. The smallest absolute Gasteiger partial charge is 0.127 e. The summed E-state index contributed by atoms with van der Waals surface area (Å²) in [5.41, 5.74) is 8.13. The van der Waals surface area contributed by atoms with E-state index in [1.807, 2.05) is 60.7 Å². The Kier molecular flexibility index (Phi) is 3.69. The Morgan fingerprint density at radius 3 is 2.24 bits per heavy atom. The fourth-order valence-corrected chi connectivity index (χ4v) is 1.92. The Morgan fingerprint density at radius 1 is 0.810 bits per heavy atom. The maximum atomic E-state index is 5.74. The number of aromatic nitrogens is 1. The molecule has 0 amide bonds. The van der Waals surface area contributed by atoms with Crippen LogP contribution in [0.3, 0.4) is 0 Å². The molecule has 4 heteroatoms. The number of nitrogens with two attached hydrogens (primary N) is 1. The maximum Gasteiger partial charge on any atom is 0.127 e. The number of nitrogen functional groups attached to an aromatic ring is 1. The third kappa shape index (κ3) is 3.51. The number of rotatable bonds is 4. The second-order valence-electron chi connectivity index (χ2n) is 4.57. The Hall–Kier alpha value is -3.01. The second-order valence-corrected chi connectivity index (χ2v) is 4.57. The number of nitrogens with one attached hydrogen (secondary N) is 1. The Morgan fingerprint density at radius 2 is 1.52 bits per heavy atom. The molecule has 0 spiro atoms. The van der Waals surface area contributed by atoms with Gasteiger partial charge in [-0.05, 0) is 42.5 Å². The fraction of sp³-hybridized carbons (Fsp3) is 0. The van der Waals surface area contributed by atoms with Crippen molar-refractivity contribution in [1.29, 1.82) is 0 Å². The fourth-order valence-electron chi connectivity index (χ4n) is 1.92. The zero-order valence-electron chi connectivity index (χ0n) is 11.4. The molecule has 1 heterocycles. The minimum Gasteiger partial charge on any atom is -0.457 e. The van der Waals surface area contributed by atoms with Crippen LogP contribution in [-0.2, 0) is 0 Å². The van der Waals surface area contributed by atoms with Crippen LogP contribution < -0.4 is 15.8 Å². The molecule has 4 nitrogen and oxygen atoms in total.